The van der Waals surface area contributed by atoms with Gasteiger partial charge in [-0.05, 0) is 23.8 Å². The monoisotopic (exact) mass is 302 g/mol. The van der Waals surface area contributed by atoms with Crippen LogP contribution in [0, 0.1) is 11.6 Å². The van der Waals surface area contributed by atoms with Crippen molar-refractivity contribution in [1.29, 1.82) is 0 Å². The van der Waals surface area contributed by atoms with Crippen molar-refractivity contribution >= 4 is 21.4 Å². The fraction of sp³-hybridized carbons (Fsp3) is 0.0769. The van der Waals surface area contributed by atoms with E-state index in [1.807, 2.05) is 0 Å². The molecule has 2 nitrogen and oxygen atoms in total. The molecule has 19 heavy (non-hydrogen) atoms. The van der Waals surface area contributed by atoms with Crippen LogP contribution in [0.25, 0.3) is 0 Å². The minimum absolute atomic E-state index is 0.102. The molecule has 0 aromatic heterocycles. The van der Waals surface area contributed by atoms with Crippen LogP contribution in [0.2, 0.25) is 5.02 Å². The maximum absolute atomic E-state index is 13.5. The predicted octanol–water partition coefficient (Wildman–Crippen LogP) is 3.59. The van der Waals surface area contributed by atoms with E-state index in [4.69, 9.17) is 11.6 Å². The largest absolute Gasteiger partial charge is 0.223 e. The van der Waals surface area contributed by atoms with Crippen molar-refractivity contribution < 1.29 is 17.2 Å². The molecule has 0 amide bonds. The summed E-state index contributed by atoms with van der Waals surface area (Å²) in [4.78, 5) is -0.421. The van der Waals surface area contributed by atoms with Crippen LogP contribution in [0.1, 0.15) is 5.56 Å². The Morgan fingerprint density at radius 3 is 2.26 bits per heavy atom. The fourth-order valence-corrected chi connectivity index (χ4v) is 3.37. The zero-order valence-electron chi connectivity index (χ0n) is 9.61. The van der Waals surface area contributed by atoms with E-state index in [0.29, 0.717) is 0 Å². The molecule has 0 atom stereocenters. The van der Waals surface area contributed by atoms with Gasteiger partial charge in [-0.25, -0.2) is 17.2 Å². The highest BCUT2D eigenvalue weighted by Crippen LogP contribution is 2.25. The lowest BCUT2D eigenvalue weighted by molar-refractivity contribution is 0.566. The van der Waals surface area contributed by atoms with Gasteiger partial charge < -0.3 is 0 Å². The van der Waals surface area contributed by atoms with Gasteiger partial charge in [0.05, 0.1) is 10.8 Å². The van der Waals surface area contributed by atoms with Crippen LogP contribution < -0.4 is 0 Å². The fourth-order valence-electron chi connectivity index (χ4n) is 1.64. The molecule has 0 aliphatic rings. The van der Waals surface area contributed by atoms with Gasteiger partial charge in [-0.3, -0.25) is 0 Å². The van der Waals surface area contributed by atoms with Crippen molar-refractivity contribution in [2.75, 3.05) is 0 Å². The normalized spacial score (nSPS) is 11.5. The zero-order chi connectivity index (χ0) is 14.0. The summed E-state index contributed by atoms with van der Waals surface area (Å²) in [6.07, 6.45) is 0. The third kappa shape index (κ3) is 2.93. The second kappa shape index (κ2) is 5.27. The van der Waals surface area contributed by atoms with Crippen LogP contribution >= 0.6 is 11.6 Å². The molecule has 6 heteroatoms. The molecule has 100 valence electrons. The first-order valence-electron chi connectivity index (χ1n) is 5.32. The highest BCUT2D eigenvalue weighted by atomic mass is 35.5. The number of sulfone groups is 1. The molecule has 0 saturated carbocycles. The van der Waals surface area contributed by atoms with Gasteiger partial charge in [-0.1, -0.05) is 35.9 Å². The maximum Gasteiger partial charge on any atom is 0.185 e. The van der Waals surface area contributed by atoms with Crippen LogP contribution in [0.15, 0.2) is 47.4 Å². The van der Waals surface area contributed by atoms with Crippen molar-refractivity contribution in [2.45, 2.75) is 10.6 Å². The number of hydrogen-bond acceptors (Lipinski definition) is 2. The molecule has 0 spiro atoms. The molecule has 0 fully saturated rings. The summed E-state index contributed by atoms with van der Waals surface area (Å²) in [5.74, 6) is -2.09. The first-order chi connectivity index (χ1) is 8.92. The van der Waals surface area contributed by atoms with Crippen molar-refractivity contribution in [1.82, 2.24) is 0 Å². The van der Waals surface area contributed by atoms with Crippen LogP contribution in [-0.2, 0) is 15.6 Å². The van der Waals surface area contributed by atoms with Gasteiger partial charge in [-0.2, -0.15) is 0 Å². The van der Waals surface area contributed by atoms with Crippen LogP contribution in [-0.4, -0.2) is 8.42 Å². The Balaban J connectivity index is 2.43. The summed E-state index contributed by atoms with van der Waals surface area (Å²) in [5, 5.41) is -0.262. The Labute approximate surface area is 114 Å². The van der Waals surface area contributed by atoms with E-state index in [1.165, 1.54) is 24.3 Å². The zero-order valence-corrected chi connectivity index (χ0v) is 11.2. The predicted molar refractivity (Wildman–Crippen MR) is 68.7 cm³/mol. The van der Waals surface area contributed by atoms with Gasteiger partial charge in [0.2, 0.25) is 0 Å². The molecule has 2 rings (SSSR count). The highest BCUT2D eigenvalue weighted by Gasteiger charge is 2.21. The van der Waals surface area contributed by atoms with E-state index < -0.39 is 32.1 Å². The SMILES string of the molecule is O=S(=O)(Cc1cccc(F)c1Cl)c1ccccc1F. The summed E-state index contributed by atoms with van der Waals surface area (Å²) in [6.45, 7) is 0. The van der Waals surface area contributed by atoms with Gasteiger partial charge >= 0.3 is 0 Å². The molecule has 0 radical (unpaired) electrons. The standard InChI is InChI=1S/C13H9ClF2O2S/c14-13-9(4-3-6-11(13)16)8-19(17,18)12-7-2-1-5-10(12)15/h1-7H,8H2. The summed E-state index contributed by atoms with van der Waals surface area (Å²) in [5.41, 5.74) is 0.102. The minimum atomic E-state index is -3.91. The van der Waals surface area contributed by atoms with Gasteiger partial charge in [-0.15, -0.1) is 0 Å². The van der Waals surface area contributed by atoms with Crippen LogP contribution in [0.5, 0.6) is 0 Å². The Morgan fingerprint density at radius 2 is 1.58 bits per heavy atom. The smallest absolute Gasteiger partial charge is 0.185 e. The van der Waals surface area contributed by atoms with Crippen LogP contribution in [0.3, 0.4) is 0 Å². The third-order valence-electron chi connectivity index (χ3n) is 2.55. The lowest BCUT2D eigenvalue weighted by Gasteiger charge is -2.07. The molecular formula is C13H9ClF2O2S. The molecule has 0 N–H and O–H groups in total. The molecule has 0 aliphatic heterocycles. The summed E-state index contributed by atoms with van der Waals surface area (Å²) < 4.78 is 50.8. The van der Waals surface area contributed by atoms with Crippen molar-refractivity contribution in [3.63, 3.8) is 0 Å². The van der Waals surface area contributed by atoms with Crippen LogP contribution in [0.4, 0.5) is 8.78 Å². The minimum Gasteiger partial charge on any atom is -0.223 e. The van der Waals surface area contributed by atoms with E-state index in [9.17, 15) is 17.2 Å². The molecule has 0 heterocycles. The molecule has 2 aromatic rings. The maximum atomic E-state index is 13.5. The van der Waals surface area contributed by atoms with Crippen molar-refractivity contribution in [2.24, 2.45) is 0 Å². The Kier molecular flexibility index (Phi) is 3.87. The molecule has 0 unspecified atom stereocenters. The first kappa shape index (κ1) is 14.0. The average Bonchev–Trinajstić information content (AvgIpc) is 2.35. The Morgan fingerprint density at radius 1 is 0.947 bits per heavy atom. The molecular weight excluding hydrogens is 294 g/mol. The van der Waals surface area contributed by atoms with Gasteiger partial charge in [0.15, 0.2) is 9.84 Å². The summed E-state index contributed by atoms with van der Waals surface area (Å²) in [6, 6.07) is 8.91. The third-order valence-corrected chi connectivity index (χ3v) is 4.66. The molecule has 0 aliphatic carbocycles. The molecule has 2 aromatic carbocycles. The van der Waals surface area contributed by atoms with E-state index in [-0.39, 0.29) is 10.6 Å². The molecule has 0 bridgehead atoms. The van der Waals surface area contributed by atoms with E-state index >= 15 is 0 Å². The van der Waals surface area contributed by atoms with Gasteiger partial charge in [0.25, 0.3) is 0 Å². The number of halogens is 3. The first-order valence-corrected chi connectivity index (χ1v) is 7.35. The van der Waals surface area contributed by atoms with E-state index in [2.05, 4.69) is 0 Å². The number of hydrogen-bond donors (Lipinski definition) is 0. The number of rotatable bonds is 3. The Hall–Kier alpha value is -1.46. The quantitative estimate of drug-likeness (QED) is 0.868. The van der Waals surface area contributed by atoms with E-state index in [1.54, 1.807) is 0 Å². The van der Waals surface area contributed by atoms with Crippen molar-refractivity contribution in [3.8, 4) is 0 Å². The summed E-state index contributed by atoms with van der Waals surface area (Å²) >= 11 is 5.69. The second-order valence-corrected chi connectivity index (χ2v) is 6.24. The topological polar surface area (TPSA) is 34.1 Å². The second-order valence-electron chi connectivity index (χ2n) is 3.90. The Bertz CT molecular complexity index is 714. The lowest BCUT2D eigenvalue weighted by Crippen LogP contribution is -2.08. The number of benzene rings is 2. The van der Waals surface area contributed by atoms with E-state index in [0.717, 1.165) is 18.2 Å². The molecule has 0 saturated heterocycles. The lowest BCUT2D eigenvalue weighted by atomic mass is 10.2. The van der Waals surface area contributed by atoms with Gasteiger partial charge in [0.1, 0.15) is 16.5 Å². The summed E-state index contributed by atoms with van der Waals surface area (Å²) in [7, 11) is -3.91. The van der Waals surface area contributed by atoms with Crippen molar-refractivity contribution in [3.05, 3.63) is 64.7 Å². The van der Waals surface area contributed by atoms with Gasteiger partial charge in [0, 0.05) is 0 Å². The highest BCUT2D eigenvalue weighted by molar-refractivity contribution is 7.90. The average molecular weight is 303 g/mol.